The summed E-state index contributed by atoms with van der Waals surface area (Å²) in [5.41, 5.74) is 0. The molecule has 0 spiro atoms. The van der Waals surface area contributed by atoms with Crippen LogP contribution in [0.4, 0.5) is 8.78 Å². The fourth-order valence-electron chi connectivity index (χ4n) is 1.54. The van der Waals surface area contributed by atoms with Crippen molar-refractivity contribution in [3.05, 3.63) is 23.8 Å². The molecule has 0 atom stereocenters. The van der Waals surface area contributed by atoms with E-state index in [1.807, 2.05) is 0 Å². The van der Waals surface area contributed by atoms with Crippen LogP contribution in [-0.2, 0) is 18.9 Å². The van der Waals surface area contributed by atoms with Gasteiger partial charge in [-0.05, 0) is 12.5 Å². The normalized spacial score (nSPS) is 12.4. The van der Waals surface area contributed by atoms with E-state index in [0.29, 0.717) is 18.6 Å². The van der Waals surface area contributed by atoms with Gasteiger partial charge in [0.2, 0.25) is 0 Å². The maximum Gasteiger partial charge on any atom is 0.265 e. The van der Waals surface area contributed by atoms with Gasteiger partial charge in [0.05, 0.1) is 11.5 Å². The lowest BCUT2D eigenvalue weighted by molar-refractivity contribution is 0.311. The maximum atomic E-state index is 13.6. The van der Waals surface area contributed by atoms with Crippen LogP contribution < -0.4 is 4.74 Å². The Morgan fingerprint density at radius 2 is 1.76 bits per heavy atom. The predicted molar refractivity (Wildman–Crippen MR) is 73.8 cm³/mol. The molecule has 21 heavy (non-hydrogen) atoms. The van der Waals surface area contributed by atoms with Crippen molar-refractivity contribution in [2.24, 2.45) is 0 Å². The van der Waals surface area contributed by atoms with Gasteiger partial charge in [0.1, 0.15) is 17.3 Å². The van der Waals surface area contributed by atoms with E-state index in [2.05, 4.69) is 0 Å². The fourth-order valence-corrected chi connectivity index (χ4v) is 3.68. The van der Waals surface area contributed by atoms with Gasteiger partial charge in [-0.3, -0.25) is 0 Å². The summed E-state index contributed by atoms with van der Waals surface area (Å²) in [6.45, 7) is 1.21. The first-order valence-corrected chi connectivity index (χ1v) is 9.97. The molecule has 0 aromatic heterocycles. The Kier molecular flexibility index (Phi) is 5.94. The molecule has 0 amide bonds. The van der Waals surface area contributed by atoms with Crippen molar-refractivity contribution in [1.29, 1.82) is 0 Å². The second kappa shape index (κ2) is 6.89. The van der Waals surface area contributed by atoms with Crippen LogP contribution >= 0.6 is 10.7 Å². The third-order valence-electron chi connectivity index (χ3n) is 2.39. The third kappa shape index (κ3) is 5.40. The summed E-state index contributed by atoms with van der Waals surface area (Å²) in [4.78, 5) is -0.880. The van der Waals surface area contributed by atoms with Gasteiger partial charge in [0, 0.05) is 16.7 Å². The van der Waals surface area contributed by atoms with Gasteiger partial charge < -0.3 is 4.74 Å². The van der Waals surface area contributed by atoms with E-state index in [4.69, 9.17) is 15.4 Å². The van der Waals surface area contributed by atoms with Crippen molar-refractivity contribution in [2.45, 2.75) is 18.2 Å². The van der Waals surface area contributed by atoms with Crippen LogP contribution in [0.3, 0.4) is 0 Å². The summed E-state index contributed by atoms with van der Waals surface area (Å²) in [5.74, 6) is -3.69. The molecule has 0 radical (unpaired) electrons. The Bertz CT molecular complexity index is 716. The highest BCUT2D eigenvalue weighted by Crippen LogP contribution is 2.30. The van der Waals surface area contributed by atoms with E-state index in [0.717, 1.165) is 0 Å². The van der Waals surface area contributed by atoms with E-state index in [-0.39, 0.29) is 5.75 Å². The minimum atomic E-state index is -4.44. The molecule has 0 bridgehead atoms. The fraction of sp³-hybridized carbons (Fsp3) is 0.455. The monoisotopic (exact) mass is 362 g/mol. The lowest BCUT2D eigenvalue weighted by Gasteiger charge is -2.11. The molecule has 5 nitrogen and oxygen atoms in total. The van der Waals surface area contributed by atoms with E-state index in [1.165, 1.54) is 0 Å². The number of benzene rings is 1. The molecule has 120 valence electrons. The number of ether oxygens (including phenoxy) is 1. The highest BCUT2D eigenvalue weighted by Gasteiger charge is 2.23. The molecular weight excluding hydrogens is 350 g/mol. The van der Waals surface area contributed by atoms with Gasteiger partial charge >= 0.3 is 0 Å². The van der Waals surface area contributed by atoms with Crippen LogP contribution in [0.2, 0.25) is 0 Å². The smallest absolute Gasteiger partial charge is 0.265 e. The molecule has 0 heterocycles. The van der Waals surface area contributed by atoms with Gasteiger partial charge in [-0.25, -0.2) is 25.6 Å². The molecule has 1 aromatic rings. The molecule has 0 aliphatic rings. The van der Waals surface area contributed by atoms with Gasteiger partial charge in [-0.2, -0.15) is 0 Å². The minimum absolute atomic E-state index is 0.0665. The first-order chi connectivity index (χ1) is 9.57. The zero-order valence-electron chi connectivity index (χ0n) is 11.0. The van der Waals surface area contributed by atoms with Gasteiger partial charge in [-0.15, -0.1) is 0 Å². The molecule has 1 rings (SSSR count). The highest BCUT2D eigenvalue weighted by atomic mass is 35.7. The van der Waals surface area contributed by atoms with Crippen LogP contribution in [0.1, 0.15) is 13.3 Å². The van der Waals surface area contributed by atoms with Crippen LogP contribution in [0.15, 0.2) is 17.0 Å². The van der Waals surface area contributed by atoms with Gasteiger partial charge in [0.25, 0.3) is 9.05 Å². The summed E-state index contributed by atoms with van der Waals surface area (Å²) in [6.07, 6.45) is 0.411. The average Bonchev–Trinajstić information content (AvgIpc) is 2.29. The largest absolute Gasteiger partial charge is 0.488 e. The van der Waals surface area contributed by atoms with Gasteiger partial charge in [0.15, 0.2) is 21.4 Å². The van der Waals surface area contributed by atoms with Crippen molar-refractivity contribution in [1.82, 2.24) is 0 Å². The zero-order chi connectivity index (χ0) is 16.3. The molecule has 0 aliphatic heterocycles. The van der Waals surface area contributed by atoms with Crippen molar-refractivity contribution in [3.8, 4) is 5.75 Å². The number of sulfone groups is 1. The molecule has 0 N–H and O–H groups in total. The molecule has 0 saturated carbocycles. The zero-order valence-corrected chi connectivity index (χ0v) is 13.4. The van der Waals surface area contributed by atoms with Crippen LogP contribution in [-0.4, -0.2) is 34.9 Å². The first kappa shape index (κ1) is 18.1. The maximum absolute atomic E-state index is 13.6. The van der Waals surface area contributed by atoms with Crippen LogP contribution in [0.5, 0.6) is 5.75 Å². The lowest BCUT2D eigenvalue weighted by atomic mass is 10.3. The summed E-state index contributed by atoms with van der Waals surface area (Å²) >= 11 is 0. The van der Waals surface area contributed by atoms with E-state index in [1.54, 1.807) is 6.92 Å². The molecule has 10 heteroatoms. The molecule has 1 aromatic carbocycles. The topological polar surface area (TPSA) is 77.5 Å². The summed E-state index contributed by atoms with van der Waals surface area (Å²) in [5, 5.41) is 0. The Balaban J connectivity index is 2.99. The molecule has 0 fully saturated rings. The second-order valence-corrected chi connectivity index (χ2v) is 8.99. The van der Waals surface area contributed by atoms with Crippen molar-refractivity contribution >= 4 is 29.6 Å². The molecule has 0 unspecified atom stereocenters. The Morgan fingerprint density at radius 3 is 2.29 bits per heavy atom. The lowest BCUT2D eigenvalue weighted by Crippen LogP contribution is -2.17. The molecule has 0 saturated heterocycles. The third-order valence-corrected chi connectivity index (χ3v) is 5.54. The van der Waals surface area contributed by atoms with Crippen LogP contribution in [0, 0.1) is 11.6 Å². The Morgan fingerprint density at radius 1 is 1.14 bits per heavy atom. The SMILES string of the molecule is CCCS(=O)(=O)CCOc1c(F)cc(F)cc1S(=O)(=O)Cl. The minimum Gasteiger partial charge on any atom is -0.488 e. The quantitative estimate of drug-likeness (QED) is 0.694. The first-order valence-electron chi connectivity index (χ1n) is 5.84. The number of hydrogen-bond donors (Lipinski definition) is 0. The van der Waals surface area contributed by atoms with E-state index < -0.39 is 53.5 Å². The highest BCUT2D eigenvalue weighted by molar-refractivity contribution is 8.13. The predicted octanol–water partition coefficient (Wildman–Crippen LogP) is 2.10. The van der Waals surface area contributed by atoms with Gasteiger partial charge in [-0.1, -0.05) is 6.92 Å². The Hall–Kier alpha value is -0.930. The van der Waals surface area contributed by atoms with E-state index in [9.17, 15) is 25.6 Å². The molecule has 0 aliphatic carbocycles. The van der Waals surface area contributed by atoms with Crippen LogP contribution in [0.25, 0.3) is 0 Å². The second-order valence-electron chi connectivity index (χ2n) is 4.15. The standard InChI is InChI=1S/C11H13ClF2O5S2/c1-2-4-20(15,16)5-3-19-11-9(14)6-8(13)7-10(11)21(12,17)18/h6-7H,2-5H2,1H3. The molecular formula is C11H13ClF2O5S2. The van der Waals surface area contributed by atoms with Crippen molar-refractivity contribution in [3.63, 3.8) is 0 Å². The number of hydrogen-bond acceptors (Lipinski definition) is 5. The number of rotatable bonds is 7. The summed E-state index contributed by atoms with van der Waals surface area (Å²) < 4.78 is 76.9. The summed E-state index contributed by atoms with van der Waals surface area (Å²) in [7, 11) is -2.75. The van der Waals surface area contributed by atoms with E-state index >= 15 is 0 Å². The van der Waals surface area contributed by atoms with Crippen molar-refractivity contribution < 1.29 is 30.4 Å². The number of halogens is 3. The Labute approximate surface area is 126 Å². The average molecular weight is 363 g/mol. The van der Waals surface area contributed by atoms with Crippen molar-refractivity contribution in [2.75, 3.05) is 18.1 Å². The summed E-state index contributed by atoms with van der Waals surface area (Å²) in [6, 6.07) is 0.919.